The smallest absolute Gasteiger partial charge is 0.00192 e. The topological polar surface area (TPSA) is 15.3 Å². The maximum absolute atomic E-state index is 3.63. The Labute approximate surface area is 115 Å². The van der Waals surface area contributed by atoms with Crippen LogP contribution in [0.15, 0.2) is 0 Å². The predicted molar refractivity (Wildman–Crippen MR) is 81.1 cm³/mol. The molecule has 1 saturated heterocycles. The summed E-state index contributed by atoms with van der Waals surface area (Å²) in [5.41, 5.74) is 0. The van der Waals surface area contributed by atoms with Gasteiger partial charge in [0.05, 0.1) is 0 Å². The van der Waals surface area contributed by atoms with E-state index in [9.17, 15) is 0 Å². The Bertz CT molecular complexity index is 182. The first-order valence-corrected chi connectivity index (χ1v) is 8.22. The van der Waals surface area contributed by atoms with Gasteiger partial charge in [0, 0.05) is 6.54 Å². The zero-order chi connectivity index (χ0) is 13.1. The summed E-state index contributed by atoms with van der Waals surface area (Å²) >= 11 is 0. The first-order chi connectivity index (χ1) is 8.83. The standard InChI is InChI=1S/C16H34N2/c1-3-4-5-6-7-8-9-10-12-17-14-16-11-13-18(2)15-16/h16-17H,3-15H2,1-2H3. The SMILES string of the molecule is CCCCCCCCCCNCC1CCN(C)C1. The molecular formula is C16H34N2. The highest BCUT2D eigenvalue weighted by atomic mass is 15.1. The molecule has 2 heteroatoms. The fraction of sp³-hybridized carbons (Fsp3) is 1.00. The molecule has 1 atom stereocenters. The molecule has 0 amide bonds. The second-order valence-corrected chi connectivity index (χ2v) is 6.10. The quantitative estimate of drug-likeness (QED) is 0.566. The van der Waals surface area contributed by atoms with Crippen molar-refractivity contribution in [1.82, 2.24) is 10.2 Å². The minimum atomic E-state index is 0.907. The summed E-state index contributed by atoms with van der Waals surface area (Å²) in [6.07, 6.45) is 12.8. The van der Waals surface area contributed by atoms with Gasteiger partial charge in [-0.3, -0.25) is 0 Å². The molecule has 1 N–H and O–H groups in total. The lowest BCUT2D eigenvalue weighted by Gasteiger charge is -2.11. The molecule has 1 aliphatic heterocycles. The van der Waals surface area contributed by atoms with Crippen molar-refractivity contribution in [1.29, 1.82) is 0 Å². The molecule has 0 aromatic carbocycles. The highest BCUT2D eigenvalue weighted by molar-refractivity contribution is 4.74. The van der Waals surface area contributed by atoms with Gasteiger partial charge in [-0.2, -0.15) is 0 Å². The number of hydrogen-bond donors (Lipinski definition) is 1. The number of nitrogens with zero attached hydrogens (tertiary/aromatic N) is 1. The maximum Gasteiger partial charge on any atom is 0.00192 e. The lowest BCUT2D eigenvalue weighted by molar-refractivity contribution is 0.387. The van der Waals surface area contributed by atoms with Gasteiger partial charge in [-0.25, -0.2) is 0 Å². The molecule has 1 heterocycles. The third-order valence-corrected chi connectivity index (χ3v) is 4.13. The highest BCUT2D eigenvalue weighted by Gasteiger charge is 2.18. The normalized spacial score (nSPS) is 20.7. The Morgan fingerprint density at radius 3 is 2.28 bits per heavy atom. The molecule has 0 radical (unpaired) electrons. The summed E-state index contributed by atoms with van der Waals surface area (Å²) in [5.74, 6) is 0.907. The Kier molecular flexibility index (Phi) is 9.59. The largest absolute Gasteiger partial charge is 0.316 e. The lowest BCUT2D eigenvalue weighted by Crippen LogP contribution is -2.25. The summed E-state index contributed by atoms with van der Waals surface area (Å²) in [4.78, 5) is 2.45. The van der Waals surface area contributed by atoms with Crippen LogP contribution in [-0.2, 0) is 0 Å². The zero-order valence-corrected chi connectivity index (χ0v) is 12.7. The van der Waals surface area contributed by atoms with Crippen molar-refractivity contribution in [2.24, 2.45) is 5.92 Å². The van der Waals surface area contributed by atoms with Crippen molar-refractivity contribution in [3.05, 3.63) is 0 Å². The van der Waals surface area contributed by atoms with Crippen LogP contribution in [0.4, 0.5) is 0 Å². The molecule has 1 fully saturated rings. The van der Waals surface area contributed by atoms with Gasteiger partial charge in [-0.1, -0.05) is 51.9 Å². The van der Waals surface area contributed by atoms with Gasteiger partial charge in [0.25, 0.3) is 0 Å². The van der Waals surface area contributed by atoms with E-state index in [0.29, 0.717) is 0 Å². The second-order valence-electron chi connectivity index (χ2n) is 6.10. The molecule has 1 unspecified atom stereocenters. The fourth-order valence-corrected chi connectivity index (χ4v) is 2.88. The second kappa shape index (κ2) is 10.8. The Morgan fingerprint density at radius 1 is 1.00 bits per heavy atom. The Balaban J connectivity index is 1.73. The molecule has 0 saturated carbocycles. The van der Waals surface area contributed by atoms with Crippen LogP contribution in [0, 0.1) is 5.92 Å². The van der Waals surface area contributed by atoms with E-state index < -0.39 is 0 Å². The van der Waals surface area contributed by atoms with E-state index in [1.807, 2.05) is 0 Å². The molecule has 1 rings (SSSR count). The van der Waals surface area contributed by atoms with Crippen molar-refractivity contribution in [3.8, 4) is 0 Å². The first kappa shape index (κ1) is 16.0. The fourth-order valence-electron chi connectivity index (χ4n) is 2.88. The van der Waals surface area contributed by atoms with Gasteiger partial charge in [-0.15, -0.1) is 0 Å². The van der Waals surface area contributed by atoms with Crippen LogP contribution in [0.5, 0.6) is 0 Å². The van der Waals surface area contributed by atoms with Crippen molar-refractivity contribution >= 4 is 0 Å². The maximum atomic E-state index is 3.63. The van der Waals surface area contributed by atoms with Gasteiger partial charge in [-0.05, 0) is 45.4 Å². The van der Waals surface area contributed by atoms with Crippen LogP contribution >= 0.6 is 0 Å². The van der Waals surface area contributed by atoms with Crippen molar-refractivity contribution in [2.45, 2.75) is 64.7 Å². The van der Waals surface area contributed by atoms with E-state index in [1.165, 1.54) is 84.0 Å². The van der Waals surface area contributed by atoms with Gasteiger partial charge in [0.1, 0.15) is 0 Å². The van der Waals surface area contributed by atoms with Crippen LogP contribution in [-0.4, -0.2) is 38.1 Å². The van der Waals surface area contributed by atoms with Crippen LogP contribution in [0.2, 0.25) is 0 Å². The molecule has 0 aromatic rings. The van der Waals surface area contributed by atoms with E-state index >= 15 is 0 Å². The predicted octanol–water partition coefficient (Wildman–Crippen LogP) is 3.67. The van der Waals surface area contributed by atoms with E-state index in [1.54, 1.807) is 0 Å². The molecule has 0 aliphatic carbocycles. The summed E-state index contributed by atoms with van der Waals surface area (Å²) < 4.78 is 0. The lowest BCUT2D eigenvalue weighted by atomic mass is 10.1. The zero-order valence-electron chi connectivity index (χ0n) is 12.7. The molecule has 2 nitrogen and oxygen atoms in total. The van der Waals surface area contributed by atoms with Crippen molar-refractivity contribution in [3.63, 3.8) is 0 Å². The van der Waals surface area contributed by atoms with Crippen LogP contribution in [0.25, 0.3) is 0 Å². The third-order valence-electron chi connectivity index (χ3n) is 4.13. The van der Waals surface area contributed by atoms with Crippen molar-refractivity contribution < 1.29 is 0 Å². The molecule has 1 aliphatic rings. The third kappa shape index (κ3) is 8.10. The summed E-state index contributed by atoms with van der Waals surface area (Å²) in [6, 6.07) is 0. The monoisotopic (exact) mass is 254 g/mol. The molecule has 0 spiro atoms. The highest BCUT2D eigenvalue weighted by Crippen LogP contribution is 2.13. The summed E-state index contributed by atoms with van der Waals surface area (Å²) in [6.45, 7) is 7.35. The number of rotatable bonds is 11. The number of hydrogen-bond acceptors (Lipinski definition) is 2. The van der Waals surface area contributed by atoms with Gasteiger partial charge >= 0.3 is 0 Å². The summed E-state index contributed by atoms with van der Waals surface area (Å²) in [5, 5.41) is 3.63. The Hall–Kier alpha value is -0.0800. The van der Waals surface area contributed by atoms with E-state index in [-0.39, 0.29) is 0 Å². The van der Waals surface area contributed by atoms with Crippen LogP contribution in [0.1, 0.15) is 64.7 Å². The molecule has 0 aromatic heterocycles. The van der Waals surface area contributed by atoms with Crippen molar-refractivity contribution in [2.75, 3.05) is 33.2 Å². The molecule has 0 bridgehead atoms. The summed E-state index contributed by atoms with van der Waals surface area (Å²) in [7, 11) is 2.23. The van der Waals surface area contributed by atoms with Gasteiger partial charge in [0.2, 0.25) is 0 Å². The number of unbranched alkanes of at least 4 members (excludes halogenated alkanes) is 7. The molecule has 108 valence electrons. The van der Waals surface area contributed by atoms with Crippen LogP contribution < -0.4 is 5.32 Å². The average molecular weight is 254 g/mol. The number of likely N-dealkylation sites (tertiary alicyclic amines) is 1. The Morgan fingerprint density at radius 2 is 1.67 bits per heavy atom. The van der Waals surface area contributed by atoms with Crippen LogP contribution in [0.3, 0.4) is 0 Å². The van der Waals surface area contributed by atoms with Gasteiger partial charge in [0.15, 0.2) is 0 Å². The van der Waals surface area contributed by atoms with Gasteiger partial charge < -0.3 is 10.2 Å². The molecule has 18 heavy (non-hydrogen) atoms. The molecular weight excluding hydrogens is 220 g/mol. The first-order valence-electron chi connectivity index (χ1n) is 8.22. The van der Waals surface area contributed by atoms with E-state index in [2.05, 4.69) is 24.2 Å². The minimum absolute atomic E-state index is 0.907. The van der Waals surface area contributed by atoms with E-state index in [4.69, 9.17) is 0 Å². The minimum Gasteiger partial charge on any atom is -0.316 e. The van der Waals surface area contributed by atoms with E-state index in [0.717, 1.165) is 5.92 Å². The average Bonchev–Trinajstić information content (AvgIpc) is 2.77. The number of nitrogens with one attached hydrogen (secondary N) is 1.